The minimum Gasteiger partial charge on any atom is -0.496 e. The highest BCUT2D eigenvalue weighted by Gasteiger charge is 2.26. The molecular weight excluding hydrogens is 328 g/mol. The molecule has 0 N–H and O–H groups in total. The van der Waals surface area contributed by atoms with Crippen LogP contribution in [0.2, 0.25) is 5.02 Å². The van der Waals surface area contributed by atoms with Gasteiger partial charge in [0.15, 0.2) is 0 Å². The highest BCUT2D eigenvalue weighted by molar-refractivity contribution is 6.31. The highest BCUT2D eigenvalue weighted by atomic mass is 35.5. The Morgan fingerprint density at radius 2 is 1.96 bits per heavy atom. The number of halogens is 1. The predicted octanol–water partition coefficient (Wildman–Crippen LogP) is 3.43. The number of nitrogens with zero attached hydrogens (tertiary/aromatic N) is 2. The number of likely N-dealkylation sites (tertiary alicyclic amines) is 1. The lowest BCUT2D eigenvalue weighted by Gasteiger charge is -2.32. The molecule has 1 amide bonds. The normalized spacial score (nSPS) is 15.2. The average molecular weight is 347 g/mol. The molecule has 0 atom stereocenters. The zero-order chi connectivity index (χ0) is 16.9. The van der Waals surface area contributed by atoms with Gasteiger partial charge in [0.1, 0.15) is 16.9 Å². The van der Waals surface area contributed by atoms with Crippen LogP contribution in [0.3, 0.4) is 0 Å². The number of aromatic nitrogens is 1. The first-order valence-corrected chi connectivity index (χ1v) is 8.26. The molecule has 0 saturated carbocycles. The maximum Gasteiger partial charge on any atom is 0.257 e. The van der Waals surface area contributed by atoms with Crippen molar-refractivity contribution in [3.05, 3.63) is 53.2 Å². The van der Waals surface area contributed by atoms with Gasteiger partial charge in [-0.25, -0.2) is 4.98 Å². The Kier molecular flexibility index (Phi) is 5.20. The van der Waals surface area contributed by atoms with E-state index in [9.17, 15) is 4.79 Å². The number of amides is 1. The van der Waals surface area contributed by atoms with Crippen molar-refractivity contribution in [2.75, 3.05) is 20.2 Å². The molecule has 24 heavy (non-hydrogen) atoms. The summed E-state index contributed by atoms with van der Waals surface area (Å²) in [6, 6.07) is 10.8. The van der Waals surface area contributed by atoms with Gasteiger partial charge < -0.3 is 14.4 Å². The van der Waals surface area contributed by atoms with Crippen LogP contribution in [0.15, 0.2) is 42.6 Å². The zero-order valence-electron chi connectivity index (χ0n) is 13.4. The SMILES string of the molecule is COc1ccccc1C(=O)N1CCC(Oc2ncccc2Cl)CC1. The van der Waals surface area contributed by atoms with E-state index in [-0.39, 0.29) is 12.0 Å². The fourth-order valence-electron chi connectivity index (χ4n) is 2.78. The van der Waals surface area contributed by atoms with Crippen LogP contribution < -0.4 is 9.47 Å². The second-order valence-electron chi connectivity index (χ2n) is 5.60. The van der Waals surface area contributed by atoms with Crippen molar-refractivity contribution in [1.29, 1.82) is 0 Å². The third kappa shape index (κ3) is 3.62. The van der Waals surface area contributed by atoms with E-state index in [1.54, 1.807) is 37.6 Å². The predicted molar refractivity (Wildman–Crippen MR) is 91.8 cm³/mol. The number of hydrogen-bond acceptors (Lipinski definition) is 4. The van der Waals surface area contributed by atoms with Crippen LogP contribution in [0, 0.1) is 0 Å². The smallest absolute Gasteiger partial charge is 0.257 e. The van der Waals surface area contributed by atoms with Crippen LogP contribution in [-0.4, -0.2) is 42.1 Å². The van der Waals surface area contributed by atoms with Crippen LogP contribution in [0.1, 0.15) is 23.2 Å². The summed E-state index contributed by atoms with van der Waals surface area (Å²) in [5.74, 6) is 1.04. The second kappa shape index (κ2) is 7.53. The Morgan fingerprint density at radius 1 is 1.21 bits per heavy atom. The Morgan fingerprint density at radius 3 is 2.67 bits per heavy atom. The van der Waals surface area contributed by atoms with E-state index in [1.165, 1.54) is 0 Å². The zero-order valence-corrected chi connectivity index (χ0v) is 14.2. The van der Waals surface area contributed by atoms with Gasteiger partial charge in [-0.1, -0.05) is 23.7 Å². The van der Waals surface area contributed by atoms with Crippen LogP contribution in [-0.2, 0) is 0 Å². The number of rotatable bonds is 4. The van der Waals surface area contributed by atoms with Gasteiger partial charge in [0, 0.05) is 32.1 Å². The summed E-state index contributed by atoms with van der Waals surface area (Å²) in [6.45, 7) is 1.26. The van der Waals surface area contributed by atoms with E-state index in [0.29, 0.717) is 35.3 Å². The maximum atomic E-state index is 12.7. The number of methoxy groups -OCH3 is 1. The third-order valence-corrected chi connectivity index (χ3v) is 4.36. The third-order valence-electron chi connectivity index (χ3n) is 4.07. The maximum absolute atomic E-state index is 12.7. The Balaban J connectivity index is 1.61. The lowest BCUT2D eigenvalue weighted by molar-refractivity contribution is 0.0585. The number of carbonyl (C=O) groups is 1. The molecule has 3 rings (SSSR count). The van der Waals surface area contributed by atoms with Crippen LogP contribution >= 0.6 is 11.6 Å². The molecule has 0 radical (unpaired) electrons. The second-order valence-corrected chi connectivity index (χ2v) is 6.01. The molecule has 0 unspecified atom stereocenters. The number of ether oxygens (including phenoxy) is 2. The molecule has 2 heterocycles. The van der Waals surface area contributed by atoms with Crippen molar-refractivity contribution in [2.24, 2.45) is 0 Å². The molecule has 0 spiro atoms. The molecular formula is C18H19ClN2O3. The first-order valence-electron chi connectivity index (χ1n) is 7.88. The first-order chi connectivity index (χ1) is 11.7. The summed E-state index contributed by atoms with van der Waals surface area (Å²) >= 11 is 6.07. The molecule has 1 aliphatic rings. The molecule has 126 valence electrons. The number of piperidine rings is 1. The van der Waals surface area contributed by atoms with E-state index in [4.69, 9.17) is 21.1 Å². The molecule has 6 heteroatoms. The van der Waals surface area contributed by atoms with Crippen molar-refractivity contribution in [2.45, 2.75) is 18.9 Å². The van der Waals surface area contributed by atoms with E-state index in [2.05, 4.69) is 4.98 Å². The number of hydrogen-bond donors (Lipinski definition) is 0. The molecule has 1 aromatic heterocycles. The fraction of sp³-hybridized carbons (Fsp3) is 0.333. The summed E-state index contributed by atoms with van der Waals surface area (Å²) in [6.07, 6.45) is 3.16. The lowest BCUT2D eigenvalue weighted by Crippen LogP contribution is -2.42. The van der Waals surface area contributed by atoms with Crippen LogP contribution in [0.4, 0.5) is 0 Å². The topological polar surface area (TPSA) is 51.7 Å². The Labute approximate surface area is 146 Å². The van der Waals surface area contributed by atoms with E-state index < -0.39 is 0 Å². The first kappa shape index (κ1) is 16.6. The van der Waals surface area contributed by atoms with Crippen molar-refractivity contribution < 1.29 is 14.3 Å². The van der Waals surface area contributed by atoms with Gasteiger partial charge in [0.25, 0.3) is 5.91 Å². The standard InChI is InChI=1S/C18H19ClN2O3/c1-23-16-7-3-2-5-14(16)18(22)21-11-8-13(9-12-21)24-17-15(19)6-4-10-20-17/h2-7,10,13H,8-9,11-12H2,1H3. The van der Waals surface area contributed by atoms with Gasteiger partial charge in [-0.3, -0.25) is 4.79 Å². The molecule has 0 aliphatic carbocycles. The number of carbonyl (C=O) groups excluding carboxylic acids is 1. The monoisotopic (exact) mass is 346 g/mol. The molecule has 1 saturated heterocycles. The molecule has 1 aromatic carbocycles. The van der Waals surface area contributed by atoms with Crippen molar-refractivity contribution >= 4 is 17.5 Å². The van der Waals surface area contributed by atoms with E-state index >= 15 is 0 Å². The summed E-state index contributed by atoms with van der Waals surface area (Å²) in [5, 5.41) is 0.505. The molecule has 1 aliphatic heterocycles. The van der Waals surface area contributed by atoms with Gasteiger partial charge in [0.2, 0.25) is 5.88 Å². The summed E-state index contributed by atoms with van der Waals surface area (Å²) in [7, 11) is 1.57. The number of benzene rings is 1. The molecule has 1 fully saturated rings. The summed E-state index contributed by atoms with van der Waals surface area (Å²) in [4.78, 5) is 18.6. The Bertz CT molecular complexity index is 715. The summed E-state index contributed by atoms with van der Waals surface area (Å²) in [5.41, 5.74) is 0.590. The van der Waals surface area contributed by atoms with Gasteiger partial charge in [0.05, 0.1) is 12.7 Å². The lowest BCUT2D eigenvalue weighted by atomic mass is 10.1. The van der Waals surface area contributed by atoms with E-state index in [1.807, 2.05) is 17.0 Å². The number of pyridine rings is 1. The number of para-hydroxylation sites is 1. The summed E-state index contributed by atoms with van der Waals surface area (Å²) < 4.78 is 11.1. The molecule has 5 nitrogen and oxygen atoms in total. The van der Waals surface area contributed by atoms with Crippen molar-refractivity contribution in [1.82, 2.24) is 9.88 Å². The minimum absolute atomic E-state index is 0.0123. The largest absolute Gasteiger partial charge is 0.496 e. The minimum atomic E-state index is -0.0123. The van der Waals surface area contributed by atoms with Crippen molar-refractivity contribution in [3.8, 4) is 11.6 Å². The van der Waals surface area contributed by atoms with Gasteiger partial charge in [-0.05, 0) is 24.3 Å². The fourth-order valence-corrected chi connectivity index (χ4v) is 2.95. The molecule has 2 aromatic rings. The van der Waals surface area contributed by atoms with Gasteiger partial charge in [-0.15, -0.1) is 0 Å². The Hall–Kier alpha value is -2.27. The van der Waals surface area contributed by atoms with Gasteiger partial charge in [-0.2, -0.15) is 0 Å². The van der Waals surface area contributed by atoms with Crippen LogP contribution in [0.5, 0.6) is 11.6 Å². The average Bonchev–Trinajstić information content (AvgIpc) is 2.63. The molecule has 0 bridgehead atoms. The van der Waals surface area contributed by atoms with Gasteiger partial charge >= 0.3 is 0 Å². The van der Waals surface area contributed by atoms with Crippen molar-refractivity contribution in [3.63, 3.8) is 0 Å². The quantitative estimate of drug-likeness (QED) is 0.851. The highest BCUT2D eigenvalue weighted by Crippen LogP contribution is 2.26. The van der Waals surface area contributed by atoms with Crippen LogP contribution in [0.25, 0.3) is 0 Å². The van der Waals surface area contributed by atoms with E-state index in [0.717, 1.165) is 12.8 Å².